The number of rotatable bonds is 4. The second kappa shape index (κ2) is 7.78. The minimum atomic E-state index is 0.0270. The van der Waals surface area contributed by atoms with E-state index in [4.69, 9.17) is 17.0 Å². The van der Waals surface area contributed by atoms with E-state index in [1.165, 1.54) is 22.9 Å². The lowest BCUT2D eigenvalue weighted by Gasteiger charge is -2.28. The molecule has 0 unspecified atom stereocenters. The molecule has 0 aromatic heterocycles. The third kappa shape index (κ3) is 4.06. The molecule has 0 radical (unpaired) electrons. The Morgan fingerprint density at radius 3 is 2.75 bits per heavy atom. The van der Waals surface area contributed by atoms with E-state index in [1.807, 2.05) is 6.08 Å². The van der Waals surface area contributed by atoms with Crippen molar-refractivity contribution in [1.29, 1.82) is 0 Å². The largest absolute Gasteiger partial charge is 0.379 e. The molecule has 1 aromatic carbocycles. The maximum absolute atomic E-state index is 12.7. The third-order valence-electron chi connectivity index (χ3n) is 4.34. The van der Waals surface area contributed by atoms with Crippen molar-refractivity contribution >= 4 is 40.3 Å². The van der Waals surface area contributed by atoms with Gasteiger partial charge in [-0.1, -0.05) is 47.7 Å². The summed E-state index contributed by atoms with van der Waals surface area (Å²) in [6.45, 7) is 8.99. The molecule has 0 spiro atoms. The molecule has 2 aliphatic heterocycles. The zero-order valence-electron chi connectivity index (χ0n) is 14.1. The van der Waals surface area contributed by atoms with E-state index < -0.39 is 0 Å². The Labute approximate surface area is 152 Å². The van der Waals surface area contributed by atoms with Gasteiger partial charge in [0.25, 0.3) is 5.91 Å². The number of hydrogen-bond donors (Lipinski definition) is 0. The SMILES string of the molecule is Cc1ccc(C)c(/C=C2\SC(=S)N(CCN3CCOCC3)C2=O)c1. The molecule has 1 aromatic rings. The van der Waals surface area contributed by atoms with Crippen LogP contribution in [-0.4, -0.2) is 59.4 Å². The Morgan fingerprint density at radius 1 is 1.25 bits per heavy atom. The summed E-state index contributed by atoms with van der Waals surface area (Å²) in [6.07, 6.45) is 1.97. The highest BCUT2D eigenvalue weighted by molar-refractivity contribution is 8.26. The van der Waals surface area contributed by atoms with E-state index in [1.54, 1.807) is 4.90 Å². The van der Waals surface area contributed by atoms with Gasteiger partial charge in [-0.3, -0.25) is 14.6 Å². The fourth-order valence-electron chi connectivity index (χ4n) is 2.82. The number of thioether (sulfide) groups is 1. The molecule has 2 fully saturated rings. The predicted molar refractivity (Wildman–Crippen MR) is 103 cm³/mol. The Bertz CT molecular complexity index is 682. The van der Waals surface area contributed by atoms with Crippen molar-refractivity contribution in [2.75, 3.05) is 39.4 Å². The normalized spacial score (nSPS) is 21.1. The number of ether oxygens (including phenoxy) is 1. The van der Waals surface area contributed by atoms with Crippen molar-refractivity contribution in [3.8, 4) is 0 Å². The number of nitrogens with zero attached hydrogens (tertiary/aromatic N) is 2. The fourth-order valence-corrected chi connectivity index (χ4v) is 4.12. The summed E-state index contributed by atoms with van der Waals surface area (Å²) in [6, 6.07) is 6.27. The molecule has 2 saturated heterocycles. The van der Waals surface area contributed by atoms with Crippen LogP contribution in [0.5, 0.6) is 0 Å². The minimum absolute atomic E-state index is 0.0270. The van der Waals surface area contributed by atoms with Crippen molar-refractivity contribution in [2.24, 2.45) is 0 Å². The van der Waals surface area contributed by atoms with Gasteiger partial charge in [-0.05, 0) is 31.1 Å². The van der Waals surface area contributed by atoms with E-state index in [0.29, 0.717) is 10.9 Å². The molecule has 6 heteroatoms. The number of carbonyl (C=O) groups excluding carboxylic acids is 1. The van der Waals surface area contributed by atoms with Gasteiger partial charge >= 0.3 is 0 Å². The van der Waals surface area contributed by atoms with Crippen LogP contribution in [0.2, 0.25) is 0 Å². The smallest absolute Gasteiger partial charge is 0.266 e. The van der Waals surface area contributed by atoms with Crippen LogP contribution in [0.1, 0.15) is 16.7 Å². The van der Waals surface area contributed by atoms with Crippen molar-refractivity contribution in [3.05, 3.63) is 39.8 Å². The first-order valence-corrected chi connectivity index (χ1v) is 9.40. The standard InChI is InChI=1S/C18H22N2O2S2/c1-13-3-4-14(2)15(11-13)12-16-17(21)20(18(23)24-16)6-5-19-7-9-22-10-8-19/h3-4,11-12H,5-10H2,1-2H3/b16-12-. The molecule has 2 heterocycles. The van der Waals surface area contributed by atoms with Gasteiger partial charge in [-0.25, -0.2) is 0 Å². The van der Waals surface area contributed by atoms with Gasteiger partial charge in [-0.15, -0.1) is 0 Å². The van der Waals surface area contributed by atoms with E-state index in [2.05, 4.69) is 36.9 Å². The van der Waals surface area contributed by atoms with Gasteiger partial charge in [0.1, 0.15) is 4.32 Å². The molecule has 2 aliphatic rings. The number of benzene rings is 1. The molecule has 0 atom stereocenters. The second-order valence-corrected chi connectivity index (χ2v) is 7.82. The lowest BCUT2D eigenvalue weighted by Crippen LogP contribution is -2.42. The van der Waals surface area contributed by atoms with Crippen LogP contribution >= 0.6 is 24.0 Å². The average molecular weight is 363 g/mol. The summed E-state index contributed by atoms with van der Waals surface area (Å²) in [5, 5.41) is 0. The van der Waals surface area contributed by atoms with Crippen LogP contribution in [0.3, 0.4) is 0 Å². The van der Waals surface area contributed by atoms with Gasteiger partial charge in [0.2, 0.25) is 0 Å². The van der Waals surface area contributed by atoms with Gasteiger partial charge in [-0.2, -0.15) is 0 Å². The topological polar surface area (TPSA) is 32.8 Å². The molecule has 0 saturated carbocycles. The van der Waals surface area contributed by atoms with Gasteiger partial charge in [0.15, 0.2) is 0 Å². The number of hydrogen-bond acceptors (Lipinski definition) is 5. The molecule has 24 heavy (non-hydrogen) atoms. The number of aryl methyl sites for hydroxylation is 2. The molecule has 0 N–H and O–H groups in total. The Balaban J connectivity index is 1.69. The lowest BCUT2D eigenvalue weighted by atomic mass is 10.1. The average Bonchev–Trinajstić information content (AvgIpc) is 2.84. The second-order valence-electron chi connectivity index (χ2n) is 6.15. The Hall–Kier alpha value is -1.21. The maximum atomic E-state index is 12.7. The minimum Gasteiger partial charge on any atom is -0.379 e. The summed E-state index contributed by atoms with van der Waals surface area (Å²) in [7, 11) is 0. The van der Waals surface area contributed by atoms with E-state index in [0.717, 1.165) is 43.3 Å². The molecule has 128 valence electrons. The number of amides is 1. The molecule has 4 nitrogen and oxygen atoms in total. The molecule has 0 aliphatic carbocycles. The highest BCUT2D eigenvalue weighted by Crippen LogP contribution is 2.33. The zero-order chi connectivity index (χ0) is 17.1. The summed E-state index contributed by atoms with van der Waals surface area (Å²) in [5.74, 6) is 0.0270. The quantitative estimate of drug-likeness (QED) is 0.608. The van der Waals surface area contributed by atoms with Gasteiger partial charge in [0.05, 0.1) is 18.1 Å². The van der Waals surface area contributed by atoms with Gasteiger partial charge < -0.3 is 4.74 Å². The summed E-state index contributed by atoms with van der Waals surface area (Å²) < 4.78 is 6.01. The first-order chi connectivity index (χ1) is 11.5. The summed E-state index contributed by atoms with van der Waals surface area (Å²) in [5.41, 5.74) is 3.44. The van der Waals surface area contributed by atoms with E-state index >= 15 is 0 Å². The van der Waals surface area contributed by atoms with Gasteiger partial charge in [0, 0.05) is 26.2 Å². The highest BCUT2D eigenvalue weighted by atomic mass is 32.2. The van der Waals surface area contributed by atoms with Crippen LogP contribution in [-0.2, 0) is 9.53 Å². The third-order valence-corrected chi connectivity index (χ3v) is 5.72. The van der Waals surface area contributed by atoms with Crippen molar-refractivity contribution in [2.45, 2.75) is 13.8 Å². The Morgan fingerprint density at radius 2 is 2.00 bits per heavy atom. The van der Waals surface area contributed by atoms with Crippen molar-refractivity contribution < 1.29 is 9.53 Å². The lowest BCUT2D eigenvalue weighted by molar-refractivity contribution is -0.122. The summed E-state index contributed by atoms with van der Waals surface area (Å²) in [4.78, 5) is 17.5. The molecule has 0 bridgehead atoms. The first kappa shape index (κ1) is 17.6. The first-order valence-electron chi connectivity index (χ1n) is 8.17. The Kier molecular flexibility index (Phi) is 5.71. The van der Waals surface area contributed by atoms with Crippen LogP contribution in [0, 0.1) is 13.8 Å². The molecule has 1 amide bonds. The predicted octanol–water partition coefficient (Wildman–Crippen LogP) is 2.84. The van der Waals surface area contributed by atoms with Crippen molar-refractivity contribution in [3.63, 3.8) is 0 Å². The van der Waals surface area contributed by atoms with Crippen LogP contribution in [0.4, 0.5) is 0 Å². The fraction of sp³-hybridized carbons (Fsp3) is 0.444. The molecular formula is C18H22N2O2S2. The van der Waals surface area contributed by atoms with Crippen LogP contribution in [0.15, 0.2) is 23.1 Å². The summed E-state index contributed by atoms with van der Waals surface area (Å²) >= 11 is 6.82. The number of thiocarbonyl (C=S) groups is 1. The van der Waals surface area contributed by atoms with Crippen LogP contribution < -0.4 is 0 Å². The van der Waals surface area contributed by atoms with E-state index in [9.17, 15) is 4.79 Å². The zero-order valence-corrected chi connectivity index (χ0v) is 15.7. The van der Waals surface area contributed by atoms with Crippen molar-refractivity contribution in [1.82, 2.24) is 9.80 Å². The molecule has 3 rings (SSSR count). The molecular weight excluding hydrogens is 340 g/mol. The highest BCUT2D eigenvalue weighted by Gasteiger charge is 2.32. The van der Waals surface area contributed by atoms with E-state index in [-0.39, 0.29) is 5.91 Å². The number of carbonyl (C=O) groups is 1. The maximum Gasteiger partial charge on any atom is 0.266 e. The number of morpholine rings is 1. The monoisotopic (exact) mass is 362 g/mol. The van der Waals surface area contributed by atoms with Crippen LogP contribution in [0.25, 0.3) is 6.08 Å².